The molecule has 2 rings (SSSR count). The number of rotatable bonds is 4. The van der Waals surface area contributed by atoms with Gasteiger partial charge in [-0.15, -0.1) is 0 Å². The molecular weight excluding hydrogens is 216 g/mol. The highest BCUT2D eigenvalue weighted by Crippen LogP contribution is 2.17. The Balaban J connectivity index is 2.26. The summed E-state index contributed by atoms with van der Waals surface area (Å²) >= 11 is 0. The summed E-state index contributed by atoms with van der Waals surface area (Å²) in [7, 11) is 0. The Hall–Kier alpha value is -1.75. The number of hydrogen-bond donors (Lipinski definition) is 1. The minimum absolute atomic E-state index is 0.388. The highest BCUT2D eigenvalue weighted by atomic mass is 16.3. The predicted octanol–water partition coefficient (Wildman–Crippen LogP) is 1.47. The Bertz CT molecular complexity index is 478. The monoisotopic (exact) mass is 232 g/mol. The summed E-state index contributed by atoms with van der Waals surface area (Å²) in [6.07, 6.45) is 7.05. The highest BCUT2D eigenvalue weighted by Gasteiger charge is 2.18. The molecule has 2 heterocycles. The van der Waals surface area contributed by atoms with E-state index in [9.17, 15) is 5.11 Å². The average molecular weight is 232 g/mol. The fraction of sp³-hybridized carbons (Fsp3) is 0.417. The first-order chi connectivity index (χ1) is 8.22. The van der Waals surface area contributed by atoms with E-state index in [0.29, 0.717) is 11.6 Å². The second-order valence-electron chi connectivity index (χ2n) is 4.00. The van der Waals surface area contributed by atoms with Crippen LogP contribution in [0.4, 0.5) is 0 Å². The predicted molar refractivity (Wildman–Crippen MR) is 63.3 cm³/mol. The summed E-state index contributed by atoms with van der Waals surface area (Å²) in [5.41, 5.74) is 0.970. The van der Waals surface area contributed by atoms with Crippen molar-refractivity contribution in [2.24, 2.45) is 0 Å². The zero-order valence-electron chi connectivity index (χ0n) is 10.0. The molecule has 0 fully saturated rings. The molecule has 0 spiro atoms. The van der Waals surface area contributed by atoms with Crippen LogP contribution in [0.1, 0.15) is 36.7 Å². The van der Waals surface area contributed by atoms with Crippen molar-refractivity contribution >= 4 is 0 Å². The lowest BCUT2D eigenvalue weighted by atomic mass is 10.3. The standard InChI is InChI=1S/C12H16N4O/c1-3-5-16-6-4-13-12(16)10(17)11-14-7-9(2)8-15-11/h4,6-8,10,17H,3,5H2,1-2H3. The Morgan fingerprint density at radius 3 is 2.65 bits per heavy atom. The van der Waals surface area contributed by atoms with Crippen LogP contribution in [-0.4, -0.2) is 24.6 Å². The number of hydrogen-bond acceptors (Lipinski definition) is 4. The number of aryl methyl sites for hydroxylation is 2. The fourth-order valence-corrected chi connectivity index (χ4v) is 1.66. The lowest BCUT2D eigenvalue weighted by Gasteiger charge is -2.11. The summed E-state index contributed by atoms with van der Waals surface area (Å²) in [5, 5.41) is 10.2. The molecule has 17 heavy (non-hydrogen) atoms. The van der Waals surface area contributed by atoms with Crippen molar-refractivity contribution in [3.63, 3.8) is 0 Å². The van der Waals surface area contributed by atoms with Crippen molar-refractivity contribution in [2.45, 2.75) is 32.9 Å². The molecule has 0 amide bonds. The molecule has 0 saturated heterocycles. The van der Waals surface area contributed by atoms with Gasteiger partial charge in [-0.05, 0) is 18.9 Å². The molecule has 0 saturated carbocycles. The molecule has 2 aromatic heterocycles. The van der Waals surface area contributed by atoms with E-state index in [-0.39, 0.29) is 0 Å². The minimum Gasteiger partial charge on any atom is -0.377 e. The molecule has 0 radical (unpaired) electrons. The van der Waals surface area contributed by atoms with Crippen LogP contribution in [0, 0.1) is 6.92 Å². The van der Waals surface area contributed by atoms with E-state index in [1.165, 1.54) is 0 Å². The molecular formula is C12H16N4O. The average Bonchev–Trinajstić information content (AvgIpc) is 2.78. The van der Waals surface area contributed by atoms with Gasteiger partial charge in [0.05, 0.1) is 0 Å². The number of imidazole rings is 1. The lowest BCUT2D eigenvalue weighted by Crippen LogP contribution is -2.12. The SMILES string of the molecule is CCCn1ccnc1C(O)c1ncc(C)cn1. The van der Waals surface area contributed by atoms with Crippen molar-refractivity contribution in [1.29, 1.82) is 0 Å². The second kappa shape index (κ2) is 5.05. The van der Waals surface area contributed by atoms with Gasteiger partial charge in [-0.1, -0.05) is 6.92 Å². The first-order valence-corrected chi connectivity index (χ1v) is 5.70. The second-order valence-corrected chi connectivity index (χ2v) is 4.00. The number of aromatic nitrogens is 4. The van der Waals surface area contributed by atoms with Crippen LogP contribution in [0.3, 0.4) is 0 Å². The Kier molecular flexibility index (Phi) is 3.49. The largest absolute Gasteiger partial charge is 0.377 e. The first kappa shape index (κ1) is 11.7. The molecule has 0 aromatic carbocycles. The van der Waals surface area contributed by atoms with Gasteiger partial charge in [0.2, 0.25) is 0 Å². The Morgan fingerprint density at radius 1 is 1.29 bits per heavy atom. The normalized spacial score (nSPS) is 12.6. The molecule has 90 valence electrons. The van der Waals surface area contributed by atoms with Crippen molar-refractivity contribution in [2.75, 3.05) is 0 Å². The quantitative estimate of drug-likeness (QED) is 0.867. The van der Waals surface area contributed by atoms with Gasteiger partial charge in [-0.25, -0.2) is 15.0 Å². The van der Waals surface area contributed by atoms with Crippen LogP contribution >= 0.6 is 0 Å². The third-order valence-electron chi connectivity index (χ3n) is 2.50. The summed E-state index contributed by atoms with van der Waals surface area (Å²) in [6.45, 7) is 4.82. The van der Waals surface area contributed by atoms with Gasteiger partial charge in [0.1, 0.15) is 5.82 Å². The lowest BCUT2D eigenvalue weighted by molar-refractivity contribution is 0.194. The maximum Gasteiger partial charge on any atom is 0.171 e. The maximum atomic E-state index is 10.2. The van der Waals surface area contributed by atoms with Gasteiger partial charge in [0.15, 0.2) is 11.9 Å². The number of nitrogens with zero attached hydrogens (tertiary/aromatic N) is 4. The Morgan fingerprint density at radius 2 is 2.00 bits per heavy atom. The van der Waals surface area contributed by atoms with Crippen LogP contribution in [-0.2, 0) is 6.54 Å². The molecule has 0 aliphatic heterocycles. The van der Waals surface area contributed by atoms with Crippen molar-refractivity contribution in [3.8, 4) is 0 Å². The summed E-state index contributed by atoms with van der Waals surface area (Å²) in [4.78, 5) is 12.4. The smallest absolute Gasteiger partial charge is 0.171 e. The molecule has 0 bridgehead atoms. The van der Waals surface area contributed by atoms with Gasteiger partial charge in [0, 0.05) is 31.3 Å². The zero-order chi connectivity index (χ0) is 12.3. The van der Waals surface area contributed by atoms with Gasteiger partial charge in [0.25, 0.3) is 0 Å². The van der Waals surface area contributed by atoms with Crippen LogP contribution in [0.5, 0.6) is 0 Å². The maximum absolute atomic E-state index is 10.2. The zero-order valence-corrected chi connectivity index (χ0v) is 10.0. The molecule has 0 aliphatic rings. The van der Waals surface area contributed by atoms with E-state index in [0.717, 1.165) is 18.5 Å². The molecule has 1 N–H and O–H groups in total. The topological polar surface area (TPSA) is 63.8 Å². The summed E-state index contributed by atoms with van der Waals surface area (Å²) in [6, 6.07) is 0. The molecule has 1 unspecified atom stereocenters. The molecule has 5 heteroatoms. The molecule has 2 aromatic rings. The van der Waals surface area contributed by atoms with Crippen LogP contribution in [0.15, 0.2) is 24.8 Å². The third-order valence-corrected chi connectivity index (χ3v) is 2.50. The molecule has 1 atom stereocenters. The van der Waals surface area contributed by atoms with Gasteiger partial charge >= 0.3 is 0 Å². The van der Waals surface area contributed by atoms with Crippen LogP contribution in [0.25, 0.3) is 0 Å². The summed E-state index contributed by atoms with van der Waals surface area (Å²) in [5.74, 6) is 0.981. The van der Waals surface area contributed by atoms with Crippen molar-refractivity contribution < 1.29 is 5.11 Å². The fourth-order valence-electron chi connectivity index (χ4n) is 1.66. The minimum atomic E-state index is -0.864. The van der Waals surface area contributed by atoms with Crippen LogP contribution in [0.2, 0.25) is 0 Å². The van der Waals surface area contributed by atoms with Gasteiger partial charge < -0.3 is 9.67 Å². The third kappa shape index (κ3) is 2.50. The van der Waals surface area contributed by atoms with Crippen molar-refractivity contribution in [1.82, 2.24) is 19.5 Å². The van der Waals surface area contributed by atoms with E-state index >= 15 is 0 Å². The number of aliphatic hydroxyl groups excluding tert-OH is 1. The van der Waals surface area contributed by atoms with Gasteiger partial charge in [-0.3, -0.25) is 0 Å². The van der Waals surface area contributed by atoms with Crippen LogP contribution < -0.4 is 0 Å². The Labute approximate surface area is 100 Å². The molecule has 5 nitrogen and oxygen atoms in total. The van der Waals surface area contributed by atoms with E-state index in [4.69, 9.17) is 0 Å². The first-order valence-electron chi connectivity index (χ1n) is 5.70. The summed E-state index contributed by atoms with van der Waals surface area (Å²) < 4.78 is 1.92. The van der Waals surface area contributed by atoms with Gasteiger partial charge in [-0.2, -0.15) is 0 Å². The molecule has 0 aliphatic carbocycles. The highest BCUT2D eigenvalue weighted by molar-refractivity contribution is 5.10. The van der Waals surface area contributed by atoms with E-state index in [1.807, 2.05) is 17.7 Å². The van der Waals surface area contributed by atoms with E-state index in [2.05, 4.69) is 21.9 Å². The number of aliphatic hydroxyl groups is 1. The van der Waals surface area contributed by atoms with E-state index < -0.39 is 6.10 Å². The van der Waals surface area contributed by atoms with E-state index in [1.54, 1.807) is 18.6 Å². The van der Waals surface area contributed by atoms with Crippen molar-refractivity contribution in [3.05, 3.63) is 42.0 Å².